The minimum atomic E-state index is -2.89. The second-order valence-corrected chi connectivity index (χ2v) is 1.77. The van der Waals surface area contributed by atoms with Crippen LogP contribution in [0.4, 0.5) is 0 Å². The first-order chi connectivity index (χ1) is 6.18. The van der Waals surface area contributed by atoms with E-state index in [-0.39, 0.29) is 4.60 Å². The first-order valence-electron chi connectivity index (χ1n) is 4.76. The Kier molecular flexibility index (Phi) is 0.508. The molecule has 1 aromatic rings. The smallest absolute Gasteiger partial charge is 0.148 e. The summed E-state index contributed by atoms with van der Waals surface area (Å²) < 4.78 is 43.2. The fraction of sp³-hybridized carbons (Fsp3) is 0.500. The molecule has 0 aromatic carbocycles. The highest BCUT2D eigenvalue weighted by Gasteiger charge is 1.89. The van der Waals surface area contributed by atoms with Gasteiger partial charge in [0.05, 0.1) is 10.3 Å². The number of halogens is 1. The summed E-state index contributed by atoms with van der Waals surface area (Å²) >= 11 is 2.84. The molecule has 0 radical (unpaired) electrons. The fourth-order valence-electron chi connectivity index (χ4n) is 0.266. The molecule has 1 aromatic heterocycles. The van der Waals surface area contributed by atoms with Gasteiger partial charge in [0, 0.05) is 10.6 Å². The van der Waals surface area contributed by atoms with Crippen molar-refractivity contribution < 1.29 is 8.22 Å². The van der Waals surface area contributed by atoms with Gasteiger partial charge < -0.3 is 0 Å². The fourth-order valence-corrected chi connectivity index (χ4v) is 0.505. The Bertz CT molecular complexity index is 343. The predicted octanol–water partition coefficient (Wildman–Crippen LogP) is 1.06. The van der Waals surface area contributed by atoms with Gasteiger partial charge in [-0.15, -0.1) is 5.10 Å². The molecule has 1 rings (SSSR count). The normalized spacial score (nSPS) is 24.1. The van der Waals surface area contributed by atoms with Crippen LogP contribution >= 0.6 is 15.9 Å². The molecule has 44 valence electrons. The van der Waals surface area contributed by atoms with Crippen LogP contribution in [0, 0.1) is 0 Å². The zero-order valence-electron chi connectivity index (χ0n) is 9.72. The first kappa shape index (κ1) is 1.80. The van der Waals surface area contributed by atoms with Gasteiger partial charge in [-0.1, -0.05) is 5.21 Å². The van der Waals surface area contributed by atoms with Crippen LogP contribution in [-0.4, -0.2) is 15.0 Å². The Morgan fingerprint density at radius 1 is 2.38 bits per heavy atom. The molecule has 0 atom stereocenters. The maximum absolute atomic E-state index is 7.31. The van der Waals surface area contributed by atoms with E-state index < -0.39 is 19.5 Å². The Balaban J connectivity index is 3.23. The van der Waals surface area contributed by atoms with Crippen LogP contribution in [-0.2, 0) is 6.50 Å². The molecular formula is C4H6BrN3. The van der Waals surface area contributed by atoms with Crippen molar-refractivity contribution in [3.8, 4) is 0 Å². The Hall–Kier alpha value is -0.380. The average Bonchev–Trinajstić information content (AvgIpc) is 2.30. The Morgan fingerprint density at radius 3 is 3.75 bits per heavy atom. The van der Waals surface area contributed by atoms with Crippen molar-refractivity contribution in [1.82, 2.24) is 15.0 Å². The third-order valence-corrected chi connectivity index (χ3v) is 0.862. The summed E-state index contributed by atoms with van der Waals surface area (Å²) in [6, 6.07) is 0. The van der Waals surface area contributed by atoms with Crippen LogP contribution < -0.4 is 0 Å². The van der Waals surface area contributed by atoms with Gasteiger partial charge in [-0.3, -0.25) is 4.68 Å². The molecule has 0 fully saturated rings. The summed E-state index contributed by atoms with van der Waals surface area (Å²) in [7, 11) is 0. The van der Waals surface area contributed by atoms with E-state index in [1.807, 2.05) is 0 Å². The van der Waals surface area contributed by atoms with Crippen molar-refractivity contribution in [2.24, 2.45) is 0 Å². The molecule has 0 unspecified atom stereocenters. The van der Waals surface area contributed by atoms with E-state index in [1.165, 1.54) is 0 Å². The maximum atomic E-state index is 7.31. The van der Waals surface area contributed by atoms with Gasteiger partial charge in [0.15, 0.2) is 0 Å². The second kappa shape index (κ2) is 2.26. The predicted molar refractivity (Wildman–Crippen MR) is 33.4 cm³/mol. The van der Waals surface area contributed by atoms with E-state index in [1.54, 1.807) is 0 Å². The number of hydrogen-bond donors (Lipinski definition) is 0. The van der Waals surface area contributed by atoms with Gasteiger partial charge in [-0.2, -0.15) is 0 Å². The highest BCUT2D eigenvalue weighted by atomic mass is 79.9. The van der Waals surface area contributed by atoms with Crippen molar-refractivity contribution in [3.05, 3.63) is 10.8 Å². The topological polar surface area (TPSA) is 30.7 Å². The summed E-state index contributed by atoms with van der Waals surface area (Å²) in [6.45, 7) is -5.63. The van der Waals surface area contributed by atoms with Crippen molar-refractivity contribution in [1.29, 1.82) is 0 Å². The number of aryl methyl sites for hydroxylation is 1. The Labute approximate surface area is 64.3 Å². The van der Waals surface area contributed by atoms with Crippen LogP contribution in [0.1, 0.15) is 15.1 Å². The highest BCUT2D eigenvalue weighted by Crippen LogP contribution is 2.00. The third kappa shape index (κ3) is 1.06. The van der Waals surface area contributed by atoms with Gasteiger partial charge in [-0.25, -0.2) is 0 Å². The molecular weight excluding hydrogens is 170 g/mol. The molecule has 0 aliphatic rings. The summed E-state index contributed by atoms with van der Waals surface area (Å²) in [5.41, 5.74) is 0. The minimum Gasteiger partial charge on any atom is -0.252 e. The lowest BCUT2D eigenvalue weighted by Gasteiger charge is -1.85. The summed E-state index contributed by atoms with van der Waals surface area (Å²) in [6.07, 6.45) is -0.411. The van der Waals surface area contributed by atoms with E-state index in [0.717, 1.165) is 0 Å². The van der Waals surface area contributed by atoms with Gasteiger partial charge >= 0.3 is 0 Å². The van der Waals surface area contributed by atoms with Crippen LogP contribution in [0.3, 0.4) is 0 Å². The monoisotopic (exact) mass is 181 g/mol. The van der Waals surface area contributed by atoms with Crippen LogP contribution in [0.5, 0.6) is 0 Å². The highest BCUT2D eigenvalue weighted by molar-refractivity contribution is 9.10. The molecule has 3 nitrogen and oxygen atoms in total. The maximum Gasteiger partial charge on any atom is 0.148 e. The number of aromatic nitrogens is 3. The van der Waals surface area contributed by atoms with E-state index >= 15 is 0 Å². The zero-order chi connectivity index (χ0) is 11.1. The molecule has 0 aliphatic carbocycles. The van der Waals surface area contributed by atoms with Gasteiger partial charge in [0.25, 0.3) is 0 Å². The first-order valence-corrected chi connectivity index (χ1v) is 2.55. The summed E-state index contributed by atoms with van der Waals surface area (Å²) in [4.78, 5) is 0. The number of hydrogen-bond acceptors (Lipinski definition) is 2. The number of nitrogens with zero attached hydrogens (tertiary/aromatic N) is 3. The van der Waals surface area contributed by atoms with Gasteiger partial charge in [0.2, 0.25) is 0 Å². The SMILES string of the molecule is [2H]c1c(Br)nnn1C([2H])([2H])C([2H])([2H])[2H]. The molecule has 1 heterocycles. The molecule has 0 saturated carbocycles. The molecule has 0 N–H and O–H groups in total. The molecule has 0 bridgehead atoms. The van der Waals surface area contributed by atoms with Crippen LogP contribution in [0.25, 0.3) is 0 Å². The average molecular weight is 182 g/mol. The lowest BCUT2D eigenvalue weighted by Crippen LogP contribution is -1.93. The van der Waals surface area contributed by atoms with Crippen molar-refractivity contribution in [2.45, 2.75) is 13.3 Å². The standard InChI is InChI=1S/C4H6BrN3/c1-2-8-3-4(5)6-7-8/h3H,2H2,1H3/i1D3,2D2,3D. The summed E-state index contributed by atoms with van der Waals surface area (Å²) in [5, 5.41) is 6.60. The minimum absolute atomic E-state index is 0.00521. The lowest BCUT2D eigenvalue weighted by molar-refractivity contribution is 0.626. The summed E-state index contributed by atoms with van der Waals surface area (Å²) in [5.74, 6) is 0. The van der Waals surface area contributed by atoms with E-state index in [4.69, 9.17) is 8.22 Å². The van der Waals surface area contributed by atoms with Gasteiger partial charge in [-0.05, 0) is 22.8 Å². The zero-order valence-corrected chi connectivity index (χ0v) is 5.31. The quantitative estimate of drug-likeness (QED) is 0.650. The molecule has 8 heavy (non-hydrogen) atoms. The van der Waals surface area contributed by atoms with E-state index in [0.29, 0.717) is 4.68 Å². The van der Waals surface area contributed by atoms with Crippen molar-refractivity contribution >= 4 is 15.9 Å². The Morgan fingerprint density at radius 2 is 3.25 bits per heavy atom. The molecule has 4 heteroatoms. The third-order valence-electron chi connectivity index (χ3n) is 0.526. The van der Waals surface area contributed by atoms with Crippen molar-refractivity contribution in [3.63, 3.8) is 0 Å². The number of rotatable bonds is 1. The lowest BCUT2D eigenvalue weighted by atomic mass is 10.7. The van der Waals surface area contributed by atoms with Crippen molar-refractivity contribution in [2.75, 3.05) is 0 Å². The largest absolute Gasteiger partial charge is 0.252 e. The molecule has 0 amide bonds. The molecule has 0 saturated heterocycles. The second-order valence-electron chi connectivity index (χ2n) is 1.02. The van der Waals surface area contributed by atoms with Crippen LogP contribution in [0.15, 0.2) is 10.8 Å². The van der Waals surface area contributed by atoms with E-state index in [2.05, 4.69) is 26.2 Å². The molecule has 0 spiro atoms. The van der Waals surface area contributed by atoms with Gasteiger partial charge in [0.1, 0.15) is 4.60 Å². The molecule has 0 aliphatic heterocycles. The van der Waals surface area contributed by atoms with Crippen LogP contribution in [0.2, 0.25) is 0 Å². The van der Waals surface area contributed by atoms with E-state index in [9.17, 15) is 0 Å².